The van der Waals surface area contributed by atoms with Crippen LogP contribution in [0.25, 0.3) is 0 Å². The minimum atomic E-state index is 0.316. The number of nitrogens with one attached hydrogen (secondary N) is 1. The van der Waals surface area contributed by atoms with Gasteiger partial charge in [0.1, 0.15) is 0 Å². The normalized spacial score (nSPS) is 14.2. The fraction of sp³-hybridized carbons (Fsp3) is 0.647. The van der Waals surface area contributed by atoms with Crippen LogP contribution >= 0.6 is 22.6 Å². The average Bonchev–Trinajstić information content (AvgIpc) is 2.45. The molecule has 0 radical (unpaired) electrons. The number of hydrogen-bond donors (Lipinski definition) is 1. The van der Waals surface area contributed by atoms with Crippen molar-refractivity contribution in [1.82, 2.24) is 5.32 Å². The molecular weight excluding hydrogens is 361 g/mol. The Bertz CT molecular complexity index is 347. The Morgan fingerprint density at radius 2 is 1.80 bits per heavy atom. The Morgan fingerprint density at radius 1 is 1.10 bits per heavy atom. The highest BCUT2D eigenvalue weighted by molar-refractivity contribution is 14.1. The van der Waals surface area contributed by atoms with Gasteiger partial charge in [-0.25, -0.2) is 0 Å². The summed E-state index contributed by atoms with van der Waals surface area (Å²) in [7, 11) is 0. The van der Waals surface area contributed by atoms with Crippen LogP contribution in [-0.2, 0) is 11.2 Å². The molecule has 0 saturated heterocycles. The second-order valence-electron chi connectivity index (χ2n) is 5.17. The number of benzene rings is 1. The van der Waals surface area contributed by atoms with Gasteiger partial charge < -0.3 is 10.1 Å². The Morgan fingerprint density at radius 3 is 2.35 bits per heavy atom. The lowest BCUT2D eigenvalue weighted by atomic mass is 9.98. The van der Waals surface area contributed by atoms with Crippen molar-refractivity contribution in [3.8, 4) is 0 Å². The largest absolute Gasteiger partial charge is 0.377 e. The zero-order valence-corrected chi connectivity index (χ0v) is 15.2. The molecule has 0 aliphatic rings. The molecule has 3 heteroatoms. The summed E-state index contributed by atoms with van der Waals surface area (Å²) in [6.45, 7) is 8.38. The summed E-state index contributed by atoms with van der Waals surface area (Å²) in [5, 5.41) is 3.68. The fourth-order valence-corrected chi connectivity index (χ4v) is 2.80. The topological polar surface area (TPSA) is 21.3 Å². The van der Waals surface area contributed by atoms with Gasteiger partial charge in [0.05, 0.1) is 6.10 Å². The van der Waals surface area contributed by atoms with Crippen molar-refractivity contribution in [2.45, 2.75) is 58.6 Å². The van der Waals surface area contributed by atoms with E-state index in [-0.39, 0.29) is 0 Å². The van der Waals surface area contributed by atoms with Crippen LogP contribution in [0.4, 0.5) is 0 Å². The Kier molecular flexibility index (Phi) is 9.48. The van der Waals surface area contributed by atoms with Crippen LogP contribution in [0.15, 0.2) is 24.3 Å². The summed E-state index contributed by atoms with van der Waals surface area (Å²) in [6.07, 6.45) is 4.81. The molecule has 0 spiro atoms. The van der Waals surface area contributed by atoms with Crippen LogP contribution in [-0.4, -0.2) is 25.3 Å². The van der Waals surface area contributed by atoms with Crippen LogP contribution in [0.3, 0.4) is 0 Å². The molecule has 1 N–H and O–H groups in total. The first-order chi connectivity index (χ1) is 9.71. The van der Waals surface area contributed by atoms with Crippen LogP contribution < -0.4 is 5.32 Å². The maximum atomic E-state index is 5.97. The first-order valence-electron chi connectivity index (χ1n) is 7.80. The second-order valence-corrected chi connectivity index (χ2v) is 6.42. The van der Waals surface area contributed by atoms with Gasteiger partial charge in [-0.15, -0.1) is 0 Å². The lowest BCUT2D eigenvalue weighted by Gasteiger charge is -2.28. The maximum Gasteiger partial charge on any atom is 0.0731 e. The molecule has 0 heterocycles. The highest BCUT2D eigenvalue weighted by atomic mass is 127. The Balaban J connectivity index is 2.72. The molecule has 1 aromatic carbocycles. The van der Waals surface area contributed by atoms with Gasteiger partial charge >= 0.3 is 0 Å². The van der Waals surface area contributed by atoms with Crippen molar-refractivity contribution in [3.63, 3.8) is 0 Å². The first kappa shape index (κ1) is 17.9. The average molecular weight is 389 g/mol. The highest BCUT2D eigenvalue weighted by Gasteiger charge is 2.20. The third-order valence-electron chi connectivity index (χ3n) is 3.43. The van der Waals surface area contributed by atoms with Crippen LogP contribution in [0, 0.1) is 3.57 Å². The van der Waals surface area contributed by atoms with Crippen molar-refractivity contribution in [2.75, 3.05) is 13.2 Å². The molecule has 0 fully saturated rings. The molecule has 0 aliphatic heterocycles. The zero-order chi connectivity index (χ0) is 14.8. The van der Waals surface area contributed by atoms with E-state index in [9.17, 15) is 0 Å². The first-order valence-corrected chi connectivity index (χ1v) is 8.88. The number of rotatable bonds is 10. The summed E-state index contributed by atoms with van der Waals surface area (Å²) in [6, 6.07) is 9.24. The smallest absolute Gasteiger partial charge is 0.0731 e. The molecule has 0 aromatic heterocycles. The second kappa shape index (κ2) is 10.6. The molecule has 0 amide bonds. The lowest BCUT2D eigenvalue weighted by molar-refractivity contribution is 0.0282. The van der Waals surface area contributed by atoms with Gasteiger partial charge in [0.2, 0.25) is 0 Å². The van der Waals surface area contributed by atoms with E-state index in [4.69, 9.17) is 4.74 Å². The Labute approximate surface area is 137 Å². The fourth-order valence-electron chi connectivity index (χ4n) is 2.44. The van der Waals surface area contributed by atoms with E-state index < -0.39 is 0 Å². The van der Waals surface area contributed by atoms with Crippen molar-refractivity contribution in [2.24, 2.45) is 0 Å². The summed E-state index contributed by atoms with van der Waals surface area (Å²) in [4.78, 5) is 0. The van der Waals surface area contributed by atoms with E-state index in [0.29, 0.717) is 12.1 Å². The van der Waals surface area contributed by atoms with Crippen molar-refractivity contribution in [3.05, 3.63) is 33.4 Å². The quantitative estimate of drug-likeness (QED) is 0.599. The molecule has 2 atom stereocenters. The monoisotopic (exact) mass is 389 g/mol. The van der Waals surface area contributed by atoms with Gasteiger partial charge in [-0.3, -0.25) is 0 Å². The van der Waals surface area contributed by atoms with Crippen LogP contribution in [0.1, 0.15) is 45.6 Å². The highest BCUT2D eigenvalue weighted by Crippen LogP contribution is 2.15. The minimum Gasteiger partial charge on any atom is -0.377 e. The minimum absolute atomic E-state index is 0.316. The molecule has 0 bridgehead atoms. The standard InChI is InChI=1S/C17H28INO/c1-4-7-17(20-6-3)16(19-12-5-2)13-14-8-10-15(18)11-9-14/h8-11,16-17,19H,4-7,12-13H2,1-3H3. The predicted octanol–water partition coefficient (Wildman–Crippen LogP) is 4.41. The molecule has 2 unspecified atom stereocenters. The zero-order valence-electron chi connectivity index (χ0n) is 13.0. The van der Waals surface area contributed by atoms with Crippen molar-refractivity contribution < 1.29 is 4.74 Å². The number of ether oxygens (including phenoxy) is 1. The maximum absolute atomic E-state index is 5.97. The number of halogens is 1. The van der Waals surface area contributed by atoms with E-state index in [1.807, 2.05) is 0 Å². The SMILES string of the molecule is CCCNC(Cc1ccc(I)cc1)C(CCC)OCC. The summed E-state index contributed by atoms with van der Waals surface area (Å²) < 4.78 is 7.26. The third kappa shape index (κ3) is 6.55. The van der Waals surface area contributed by atoms with Crippen molar-refractivity contribution >= 4 is 22.6 Å². The summed E-state index contributed by atoms with van der Waals surface area (Å²) >= 11 is 2.35. The van der Waals surface area contributed by atoms with E-state index >= 15 is 0 Å². The molecule has 2 nitrogen and oxygen atoms in total. The van der Waals surface area contributed by atoms with Gasteiger partial charge in [0.25, 0.3) is 0 Å². The van der Waals surface area contributed by atoms with E-state index in [1.165, 1.54) is 15.6 Å². The van der Waals surface area contributed by atoms with Gasteiger partial charge in [-0.05, 0) is 73.0 Å². The molecule has 1 rings (SSSR count). The molecular formula is C17H28INO. The molecule has 114 valence electrons. The van der Waals surface area contributed by atoms with E-state index in [2.05, 4.69) is 72.9 Å². The lowest BCUT2D eigenvalue weighted by Crippen LogP contribution is -2.43. The van der Waals surface area contributed by atoms with Crippen LogP contribution in [0.2, 0.25) is 0 Å². The van der Waals surface area contributed by atoms with Gasteiger partial charge in [0, 0.05) is 16.2 Å². The Hall–Kier alpha value is -0.130. The molecule has 1 aromatic rings. The third-order valence-corrected chi connectivity index (χ3v) is 4.15. The summed E-state index contributed by atoms with van der Waals surface area (Å²) in [5.74, 6) is 0. The van der Waals surface area contributed by atoms with Gasteiger partial charge in [0.15, 0.2) is 0 Å². The van der Waals surface area contributed by atoms with Gasteiger partial charge in [-0.1, -0.05) is 32.4 Å². The van der Waals surface area contributed by atoms with Gasteiger partial charge in [-0.2, -0.15) is 0 Å². The predicted molar refractivity (Wildman–Crippen MR) is 95.3 cm³/mol. The van der Waals surface area contributed by atoms with Crippen LogP contribution in [0.5, 0.6) is 0 Å². The molecule has 20 heavy (non-hydrogen) atoms. The van der Waals surface area contributed by atoms with Crippen molar-refractivity contribution in [1.29, 1.82) is 0 Å². The number of hydrogen-bond acceptors (Lipinski definition) is 2. The molecule has 0 saturated carbocycles. The summed E-state index contributed by atoms with van der Waals surface area (Å²) in [5.41, 5.74) is 1.39. The van der Waals surface area contributed by atoms with E-state index in [0.717, 1.165) is 32.4 Å². The molecule has 0 aliphatic carbocycles. The van der Waals surface area contributed by atoms with E-state index in [1.54, 1.807) is 0 Å².